The van der Waals surface area contributed by atoms with Crippen LogP contribution in [0.5, 0.6) is 0 Å². The maximum Gasteiger partial charge on any atom is 0.262 e. The molecule has 8 nitrogen and oxygen atoms in total. The number of nitrogens with one attached hydrogen (secondary N) is 1. The van der Waals surface area contributed by atoms with Crippen molar-refractivity contribution in [2.75, 3.05) is 13.1 Å². The van der Waals surface area contributed by atoms with E-state index < -0.39 is 17.7 Å². The third-order valence-electron chi connectivity index (χ3n) is 4.04. The number of aromatic nitrogens is 2. The normalized spacial score (nSPS) is 13.1. The lowest BCUT2D eigenvalue weighted by Gasteiger charge is -2.13. The van der Waals surface area contributed by atoms with Gasteiger partial charge in [0.1, 0.15) is 6.54 Å². The van der Waals surface area contributed by atoms with E-state index in [1.165, 1.54) is 11.3 Å². The molecule has 3 aromatic rings. The lowest BCUT2D eigenvalue weighted by atomic mass is 10.1. The van der Waals surface area contributed by atoms with Gasteiger partial charge in [-0.05, 0) is 23.6 Å². The van der Waals surface area contributed by atoms with Crippen LogP contribution in [0, 0.1) is 0 Å². The molecule has 1 aliphatic heterocycles. The fraction of sp³-hybridized carbons (Fsp3) is 0.167. The van der Waals surface area contributed by atoms with E-state index >= 15 is 0 Å². The standard InChI is InChI=1S/C18H14N4O4S/c23-14(10-22-17(24)11-4-1-2-5-12(11)18(22)25)19-8-7-15-20-21-16(26-15)13-6-3-9-27-13/h1-6,9H,7-8,10H2,(H,19,23). The van der Waals surface area contributed by atoms with Crippen molar-refractivity contribution in [3.8, 4) is 10.8 Å². The van der Waals surface area contributed by atoms with E-state index in [2.05, 4.69) is 15.5 Å². The van der Waals surface area contributed by atoms with Gasteiger partial charge in [-0.25, -0.2) is 0 Å². The van der Waals surface area contributed by atoms with Crippen molar-refractivity contribution in [1.29, 1.82) is 0 Å². The van der Waals surface area contributed by atoms with E-state index in [1.807, 2.05) is 17.5 Å². The molecule has 0 bridgehead atoms. The van der Waals surface area contributed by atoms with Gasteiger partial charge in [0.15, 0.2) is 0 Å². The monoisotopic (exact) mass is 382 g/mol. The highest BCUT2D eigenvalue weighted by Gasteiger charge is 2.36. The second-order valence-corrected chi connectivity index (χ2v) is 6.77. The molecule has 1 N–H and O–H groups in total. The summed E-state index contributed by atoms with van der Waals surface area (Å²) in [7, 11) is 0. The van der Waals surface area contributed by atoms with E-state index in [9.17, 15) is 14.4 Å². The lowest BCUT2D eigenvalue weighted by Crippen LogP contribution is -2.40. The van der Waals surface area contributed by atoms with E-state index in [0.29, 0.717) is 29.3 Å². The number of nitrogens with zero attached hydrogens (tertiary/aromatic N) is 3. The molecule has 3 heterocycles. The highest BCUT2D eigenvalue weighted by molar-refractivity contribution is 7.13. The van der Waals surface area contributed by atoms with E-state index in [0.717, 1.165) is 9.78 Å². The van der Waals surface area contributed by atoms with Crippen molar-refractivity contribution in [3.05, 3.63) is 58.8 Å². The molecule has 2 aromatic heterocycles. The Kier molecular flexibility index (Phi) is 4.51. The van der Waals surface area contributed by atoms with Gasteiger partial charge in [-0.15, -0.1) is 21.5 Å². The Morgan fingerprint density at radius 1 is 1.07 bits per heavy atom. The van der Waals surface area contributed by atoms with Gasteiger partial charge in [-0.3, -0.25) is 19.3 Å². The number of imide groups is 1. The molecule has 3 amide bonds. The Balaban J connectivity index is 1.30. The van der Waals surface area contributed by atoms with Gasteiger partial charge >= 0.3 is 0 Å². The number of carbonyl (C=O) groups is 3. The van der Waals surface area contributed by atoms with E-state index in [4.69, 9.17) is 4.42 Å². The summed E-state index contributed by atoms with van der Waals surface area (Å²) in [6, 6.07) is 10.3. The van der Waals surface area contributed by atoms with Gasteiger partial charge in [-0.1, -0.05) is 18.2 Å². The number of hydrogen-bond acceptors (Lipinski definition) is 7. The average Bonchev–Trinajstić information content (AvgIpc) is 3.40. The summed E-state index contributed by atoms with van der Waals surface area (Å²) in [5.74, 6) is -0.495. The van der Waals surface area contributed by atoms with Crippen molar-refractivity contribution >= 4 is 29.1 Å². The summed E-state index contributed by atoms with van der Waals surface area (Å²) < 4.78 is 5.54. The largest absolute Gasteiger partial charge is 0.420 e. The summed E-state index contributed by atoms with van der Waals surface area (Å²) in [6.45, 7) is -0.0648. The molecule has 1 aliphatic rings. The van der Waals surface area contributed by atoms with Crippen LogP contribution in [0.3, 0.4) is 0 Å². The van der Waals surface area contributed by atoms with Crippen molar-refractivity contribution in [1.82, 2.24) is 20.4 Å². The van der Waals surface area contributed by atoms with E-state index in [1.54, 1.807) is 24.3 Å². The zero-order valence-electron chi connectivity index (χ0n) is 14.0. The molecule has 0 atom stereocenters. The number of carbonyl (C=O) groups excluding carboxylic acids is 3. The van der Waals surface area contributed by atoms with Crippen LogP contribution in [0.2, 0.25) is 0 Å². The second-order valence-electron chi connectivity index (χ2n) is 5.82. The quantitative estimate of drug-likeness (QED) is 0.651. The third kappa shape index (κ3) is 3.36. The number of rotatable bonds is 6. The molecule has 0 radical (unpaired) electrons. The molecule has 27 heavy (non-hydrogen) atoms. The fourth-order valence-corrected chi connectivity index (χ4v) is 3.39. The van der Waals surface area contributed by atoms with Crippen LogP contribution in [0.15, 0.2) is 46.2 Å². The topological polar surface area (TPSA) is 105 Å². The van der Waals surface area contributed by atoms with Crippen molar-refractivity contribution in [2.45, 2.75) is 6.42 Å². The molecule has 0 spiro atoms. The average molecular weight is 382 g/mol. The third-order valence-corrected chi connectivity index (χ3v) is 4.90. The molecule has 9 heteroatoms. The van der Waals surface area contributed by atoms with Crippen LogP contribution >= 0.6 is 11.3 Å². The van der Waals surface area contributed by atoms with Crippen molar-refractivity contribution in [3.63, 3.8) is 0 Å². The van der Waals surface area contributed by atoms with E-state index in [-0.39, 0.29) is 13.1 Å². The Hall–Kier alpha value is -3.33. The van der Waals surface area contributed by atoms with Crippen LogP contribution in [0.25, 0.3) is 10.8 Å². The minimum Gasteiger partial charge on any atom is -0.420 e. The predicted octanol–water partition coefficient (Wildman–Crippen LogP) is 1.75. The first kappa shape index (κ1) is 17.1. The van der Waals surface area contributed by atoms with Gasteiger partial charge in [0.25, 0.3) is 17.7 Å². The second kappa shape index (κ2) is 7.12. The number of hydrogen-bond donors (Lipinski definition) is 1. The molecular formula is C18H14N4O4S. The number of thiophene rings is 1. The summed E-state index contributed by atoms with van der Waals surface area (Å²) in [4.78, 5) is 38.4. The Labute approximate surface area is 157 Å². The first-order valence-electron chi connectivity index (χ1n) is 8.21. The van der Waals surface area contributed by atoms with Crippen LogP contribution < -0.4 is 5.32 Å². The van der Waals surface area contributed by atoms with Crippen LogP contribution in [0.4, 0.5) is 0 Å². The zero-order chi connectivity index (χ0) is 18.8. The minimum absolute atomic E-state index is 0.258. The molecule has 0 saturated carbocycles. The molecule has 0 fully saturated rings. The number of amides is 3. The lowest BCUT2D eigenvalue weighted by molar-refractivity contribution is -0.121. The number of fused-ring (bicyclic) bond motifs is 1. The molecule has 136 valence electrons. The Morgan fingerprint density at radius 3 is 2.48 bits per heavy atom. The summed E-state index contributed by atoms with van der Waals surface area (Å²) >= 11 is 1.50. The van der Waals surface area contributed by atoms with Gasteiger partial charge in [0.2, 0.25) is 11.8 Å². The van der Waals surface area contributed by atoms with Crippen LogP contribution in [-0.4, -0.2) is 45.9 Å². The zero-order valence-corrected chi connectivity index (χ0v) is 14.9. The molecule has 1 aromatic carbocycles. The van der Waals surface area contributed by atoms with Gasteiger partial charge in [0, 0.05) is 13.0 Å². The maximum absolute atomic E-state index is 12.2. The molecule has 0 aliphatic carbocycles. The van der Waals surface area contributed by atoms with Crippen molar-refractivity contribution in [2.24, 2.45) is 0 Å². The first-order valence-corrected chi connectivity index (χ1v) is 9.09. The predicted molar refractivity (Wildman–Crippen MR) is 96.1 cm³/mol. The molecular weight excluding hydrogens is 368 g/mol. The summed E-state index contributed by atoms with van der Waals surface area (Å²) in [5.41, 5.74) is 0.643. The minimum atomic E-state index is -0.455. The van der Waals surface area contributed by atoms with Crippen molar-refractivity contribution < 1.29 is 18.8 Å². The maximum atomic E-state index is 12.2. The Morgan fingerprint density at radius 2 is 1.81 bits per heavy atom. The Bertz CT molecular complexity index is 977. The molecule has 0 unspecified atom stereocenters. The highest BCUT2D eigenvalue weighted by Crippen LogP contribution is 2.23. The summed E-state index contributed by atoms with van der Waals surface area (Å²) in [5, 5.41) is 12.5. The fourth-order valence-electron chi connectivity index (χ4n) is 2.75. The molecule has 0 saturated heterocycles. The van der Waals surface area contributed by atoms with Gasteiger partial charge in [-0.2, -0.15) is 0 Å². The van der Waals surface area contributed by atoms with Crippen LogP contribution in [0.1, 0.15) is 26.6 Å². The smallest absolute Gasteiger partial charge is 0.262 e. The van der Waals surface area contributed by atoms with Crippen LogP contribution in [-0.2, 0) is 11.2 Å². The summed E-state index contributed by atoms with van der Waals surface area (Å²) in [6.07, 6.45) is 0.353. The van der Waals surface area contributed by atoms with Gasteiger partial charge < -0.3 is 9.73 Å². The highest BCUT2D eigenvalue weighted by atomic mass is 32.1. The number of benzene rings is 1. The first-order chi connectivity index (χ1) is 13.1. The molecule has 4 rings (SSSR count). The SMILES string of the molecule is O=C(CN1C(=O)c2ccccc2C1=O)NCCc1nnc(-c2cccs2)o1. The van der Waals surface area contributed by atoms with Gasteiger partial charge in [0.05, 0.1) is 16.0 Å².